The number of hydrogen-bond acceptors (Lipinski definition) is 4. The van der Waals surface area contributed by atoms with Crippen molar-refractivity contribution in [2.24, 2.45) is 5.92 Å². The molecule has 0 N–H and O–H groups in total. The lowest BCUT2D eigenvalue weighted by Gasteiger charge is -2.32. The van der Waals surface area contributed by atoms with Gasteiger partial charge in [-0.25, -0.2) is 0 Å². The fourth-order valence-electron chi connectivity index (χ4n) is 10.8. The summed E-state index contributed by atoms with van der Waals surface area (Å²) in [7, 11) is 5.86. The summed E-state index contributed by atoms with van der Waals surface area (Å²) in [6.45, 7) is 18.4. The van der Waals surface area contributed by atoms with Crippen LogP contribution in [0.1, 0.15) is 121 Å². The molecule has 1 aliphatic rings. The second kappa shape index (κ2) is 20.7. The second-order valence-corrected chi connectivity index (χ2v) is 19.3. The molecule has 0 heterocycles. The van der Waals surface area contributed by atoms with E-state index < -0.39 is 0 Å². The van der Waals surface area contributed by atoms with Gasteiger partial charge in [-0.05, 0) is 144 Å². The minimum Gasteiger partial charge on any atom is -0.496 e. The Morgan fingerprint density at radius 3 is 1.81 bits per heavy atom. The van der Waals surface area contributed by atoms with Gasteiger partial charge in [-0.2, -0.15) is 0 Å². The lowest BCUT2D eigenvalue weighted by molar-refractivity contribution is 0.406. The van der Waals surface area contributed by atoms with Crippen LogP contribution in [0.2, 0.25) is 0 Å². The van der Waals surface area contributed by atoms with Gasteiger partial charge in [0.15, 0.2) is 0 Å². The molecule has 0 spiro atoms. The lowest BCUT2D eigenvalue weighted by atomic mass is 9.90. The summed E-state index contributed by atoms with van der Waals surface area (Å²) in [5.74, 6) is 3.23. The van der Waals surface area contributed by atoms with Gasteiger partial charge < -0.3 is 19.3 Å². The van der Waals surface area contributed by atoms with E-state index in [1.165, 1.54) is 91.8 Å². The lowest BCUT2D eigenvalue weighted by Crippen LogP contribution is -2.27. The summed E-state index contributed by atoms with van der Waals surface area (Å²) in [5, 5.41) is 6.39. The smallest absolute Gasteiger partial charge is 0.130 e. The van der Waals surface area contributed by atoms with Crippen LogP contribution in [0.5, 0.6) is 11.5 Å². The zero-order chi connectivity index (χ0) is 47.4. The Balaban J connectivity index is 1.27. The maximum absolute atomic E-state index is 6.25. The van der Waals surface area contributed by atoms with Crippen LogP contribution in [0.4, 0.5) is 17.1 Å². The van der Waals surface area contributed by atoms with Gasteiger partial charge in [0.2, 0.25) is 0 Å². The third-order valence-electron chi connectivity index (χ3n) is 14.6. The average molecular weight is 889 g/mol. The van der Waals surface area contributed by atoms with Crippen molar-refractivity contribution in [3.8, 4) is 33.8 Å². The Hall–Kier alpha value is -6.26. The second-order valence-electron chi connectivity index (χ2n) is 19.3. The van der Waals surface area contributed by atoms with E-state index in [1.54, 1.807) is 0 Å². The Morgan fingerprint density at radius 1 is 0.657 bits per heavy atom. The quantitative estimate of drug-likeness (QED) is 0.0909. The van der Waals surface area contributed by atoms with Gasteiger partial charge >= 0.3 is 0 Å². The van der Waals surface area contributed by atoms with Crippen molar-refractivity contribution in [3.63, 3.8) is 0 Å². The van der Waals surface area contributed by atoms with Gasteiger partial charge in [0, 0.05) is 57.2 Å². The summed E-state index contributed by atoms with van der Waals surface area (Å²) in [5.41, 5.74) is 15.6. The number of methoxy groups -OCH3 is 2. The van der Waals surface area contributed by atoms with Gasteiger partial charge in [-0.3, -0.25) is 0 Å². The molecule has 0 bridgehead atoms. The van der Waals surface area contributed by atoms with Gasteiger partial charge in [0.05, 0.1) is 14.2 Å². The number of aryl methyl sites for hydroxylation is 2. The van der Waals surface area contributed by atoms with Gasteiger partial charge in [-0.1, -0.05) is 157 Å². The Kier molecular flexibility index (Phi) is 14.6. The average Bonchev–Trinajstić information content (AvgIpc) is 3.35. The highest BCUT2D eigenvalue weighted by Crippen LogP contribution is 2.44. The zero-order valence-corrected chi connectivity index (χ0v) is 42.1. The fourth-order valence-corrected chi connectivity index (χ4v) is 10.8. The molecule has 4 nitrogen and oxygen atoms in total. The van der Waals surface area contributed by atoms with Crippen LogP contribution in [0.15, 0.2) is 139 Å². The molecule has 3 atom stereocenters. The first-order chi connectivity index (χ1) is 32.5. The zero-order valence-electron chi connectivity index (χ0n) is 42.1. The molecule has 1 aliphatic carbocycles. The van der Waals surface area contributed by atoms with E-state index >= 15 is 0 Å². The van der Waals surface area contributed by atoms with Crippen molar-refractivity contribution >= 4 is 44.3 Å². The van der Waals surface area contributed by atoms with E-state index in [-0.39, 0.29) is 0 Å². The highest BCUT2D eigenvalue weighted by molar-refractivity contribution is 6.17. The molecule has 2 unspecified atom stereocenters. The van der Waals surface area contributed by atoms with E-state index in [0.29, 0.717) is 17.8 Å². The largest absolute Gasteiger partial charge is 0.496 e. The number of benzene rings is 7. The number of nitrogens with zero attached hydrogens (tertiary/aromatic N) is 2. The molecule has 0 aliphatic heterocycles. The Bertz CT molecular complexity index is 3010. The number of hydrogen-bond donors (Lipinski definition) is 0. The summed E-state index contributed by atoms with van der Waals surface area (Å²) < 4.78 is 12.4. The molecule has 67 heavy (non-hydrogen) atoms. The molecular formula is C63H72N2O2. The third-order valence-corrected chi connectivity index (χ3v) is 14.6. The van der Waals surface area contributed by atoms with Gasteiger partial charge in [-0.15, -0.1) is 0 Å². The Labute approximate surface area is 401 Å². The molecule has 7 aromatic rings. The molecule has 0 fully saturated rings. The first-order valence-corrected chi connectivity index (χ1v) is 24.9. The maximum Gasteiger partial charge on any atom is 0.130 e. The molecule has 0 saturated carbocycles. The van der Waals surface area contributed by atoms with Crippen molar-refractivity contribution in [2.45, 2.75) is 112 Å². The monoisotopic (exact) mass is 889 g/mol. The molecule has 0 amide bonds. The minimum atomic E-state index is 0.416. The van der Waals surface area contributed by atoms with E-state index in [9.17, 15) is 0 Å². The van der Waals surface area contributed by atoms with Crippen LogP contribution in [0.25, 0.3) is 49.5 Å². The Morgan fingerprint density at radius 2 is 1.22 bits per heavy atom. The van der Waals surface area contributed by atoms with E-state index in [4.69, 9.17) is 9.47 Å². The van der Waals surface area contributed by atoms with Crippen LogP contribution in [0.3, 0.4) is 0 Å². The van der Waals surface area contributed by atoms with Crippen LogP contribution in [0, 0.1) is 19.8 Å². The van der Waals surface area contributed by atoms with E-state index in [0.717, 1.165) is 64.4 Å². The van der Waals surface area contributed by atoms with Crippen LogP contribution >= 0.6 is 0 Å². The number of anilines is 3. The van der Waals surface area contributed by atoms with Gasteiger partial charge in [0.25, 0.3) is 0 Å². The summed E-state index contributed by atoms with van der Waals surface area (Å²) in [4.78, 5) is 4.89. The number of unbranched alkanes of at least 4 members (excludes halogenated alkanes) is 2. The first-order valence-electron chi connectivity index (χ1n) is 24.9. The van der Waals surface area contributed by atoms with Crippen molar-refractivity contribution in [2.75, 3.05) is 31.1 Å². The molecule has 4 heteroatoms. The highest BCUT2D eigenvalue weighted by Gasteiger charge is 2.24. The van der Waals surface area contributed by atoms with E-state index in [2.05, 4.69) is 206 Å². The number of ether oxygens (including phenoxy) is 2. The highest BCUT2D eigenvalue weighted by atomic mass is 16.5. The normalized spacial score (nSPS) is 15.1. The predicted molar refractivity (Wildman–Crippen MR) is 290 cm³/mol. The summed E-state index contributed by atoms with van der Waals surface area (Å²) in [6.07, 6.45) is 14.9. The van der Waals surface area contributed by atoms with Crippen LogP contribution in [-0.2, 0) is 0 Å². The molecule has 7 aromatic carbocycles. The molecule has 0 saturated heterocycles. The number of rotatable bonds is 17. The molecule has 346 valence electrons. The third kappa shape index (κ3) is 9.38. The molecular weight excluding hydrogens is 817 g/mol. The molecule has 0 radical (unpaired) electrons. The van der Waals surface area contributed by atoms with Crippen molar-refractivity contribution in [3.05, 3.63) is 167 Å². The van der Waals surface area contributed by atoms with Crippen molar-refractivity contribution in [1.82, 2.24) is 0 Å². The minimum absolute atomic E-state index is 0.416. The number of para-hydroxylation sites is 2. The van der Waals surface area contributed by atoms with Crippen LogP contribution in [-0.4, -0.2) is 21.3 Å². The topological polar surface area (TPSA) is 24.9 Å². The standard InChI is InChI=1S/C63H72N2O2/c1-12-14-22-42(4)53-29-19-31-56(62(53)66-10)47-24-17-26-49(39-47)64(9)59-38-45(7)52-35-36-55(60-44(6)33-34-58(59)61(52)60)46(8)65(50-27-16-21-41(3)37-50)51-28-18-25-48(40-51)57-32-20-30-54(63(57)67-11)43(5)23-15-13-2/h16-21,24-36,38-43H,12-15,22-23,37H2,1-11H3/b55-46+/t41-,42?,43?/m0/s1. The molecule has 8 rings (SSSR count). The van der Waals surface area contributed by atoms with Crippen LogP contribution < -0.4 is 24.5 Å². The molecule has 0 aromatic heterocycles. The fraction of sp³-hybridized carbons (Fsp3) is 0.333. The number of allylic oxidation sites excluding steroid dienone is 4. The van der Waals surface area contributed by atoms with Crippen molar-refractivity contribution < 1.29 is 9.47 Å². The SMILES string of the molecule is CCCCC(C)c1cccc(-c2cccc(N(C3=CC=C[C@H](C)C3)/C(C)=c3\ccc4c(C)cc(N(C)c5cccc(-c6cccc(C(C)CCCC)c6OC)c5)c5ccc(C)c3c45)c2)c1OC. The maximum atomic E-state index is 6.25. The van der Waals surface area contributed by atoms with Crippen molar-refractivity contribution in [1.29, 1.82) is 0 Å². The first kappa shape index (κ1) is 47.2. The summed E-state index contributed by atoms with van der Waals surface area (Å²) in [6, 6.07) is 43.1. The van der Waals surface area contributed by atoms with E-state index in [1.807, 2.05) is 14.2 Å². The van der Waals surface area contributed by atoms with Gasteiger partial charge in [0.1, 0.15) is 11.5 Å². The summed E-state index contributed by atoms with van der Waals surface area (Å²) >= 11 is 0. The predicted octanol–water partition coefficient (Wildman–Crippen LogP) is 17.1.